The summed E-state index contributed by atoms with van der Waals surface area (Å²) < 4.78 is -1.86. The fourth-order valence-electron chi connectivity index (χ4n) is 2.21. The molecular weight excluding hydrogens is 448 g/mol. The van der Waals surface area contributed by atoms with Crippen LogP contribution in [0.15, 0.2) is 42.5 Å². The molecule has 3 N–H and O–H groups in total. The van der Waals surface area contributed by atoms with Crippen LogP contribution in [-0.2, 0) is 0 Å². The van der Waals surface area contributed by atoms with Crippen LogP contribution in [-0.4, -0.2) is 21.0 Å². The number of benzene rings is 2. The zero-order chi connectivity index (χ0) is 20.2. The van der Waals surface area contributed by atoms with E-state index in [1.54, 1.807) is 24.3 Å². The van der Waals surface area contributed by atoms with E-state index in [1.165, 1.54) is 0 Å². The van der Waals surface area contributed by atoms with Crippen molar-refractivity contribution in [1.82, 2.24) is 10.6 Å². The van der Waals surface area contributed by atoms with E-state index in [1.807, 2.05) is 32.0 Å². The lowest BCUT2D eigenvalue weighted by molar-refractivity contribution is 0.0934. The summed E-state index contributed by atoms with van der Waals surface area (Å²) in [5.41, 5.74) is 3.13. The molecule has 0 aromatic heterocycles. The van der Waals surface area contributed by atoms with Crippen molar-refractivity contribution in [3.05, 3.63) is 64.2 Å². The molecule has 2 aromatic carbocycles. The molecule has 9 heteroatoms. The van der Waals surface area contributed by atoms with Gasteiger partial charge in [0.2, 0.25) is 3.79 Å². The predicted molar refractivity (Wildman–Crippen MR) is 118 cm³/mol. The van der Waals surface area contributed by atoms with Crippen LogP contribution in [0, 0.1) is 13.8 Å². The molecule has 0 heterocycles. The van der Waals surface area contributed by atoms with Gasteiger partial charge in [-0.2, -0.15) is 0 Å². The molecule has 1 unspecified atom stereocenters. The maximum Gasteiger partial charge on any atom is 0.254 e. The quantitative estimate of drug-likeness (QED) is 0.323. The van der Waals surface area contributed by atoms with Gasteiger partial charge in [0.05, 0.1) is 10.6 Å². The van der Waals surface area contributed by atoms with Crippen LogP contribution in [0.2, 0.25) is 5.02 Å². The SMILES string of the molecule is Cc1ccc(C)c(NC(=S)NC(NC(=O)c2ccccc2Cl)C(Cl)(Cl)Cl)c1. The molecular formula is C18H17Cl4N3OS. The standard InChI is InChI=1S/C18H17Cl4N3OS/c1-10-7-8-11(2)14(9-10)23-17(27)25-16(18(20,21)22)24-15(26)12-5-3-4-6-13(12)19/h3-9,16H,1-2H3,(H,24,26)(H2,23,25,27). The lowest BCUT2D eigenvalue weighted by Gasteiger charge is -2.28. The highest BCUT2D eigenvalue weighted by Crippen LogP contribution is 2.29. The van der Waals surface area contributed by atoms with Gasteiger partial charge in [-0.05, 0) is 55.4 Å². The summed E-state index contributed by atoms with van der Waals surface area (Å²) in [7, 11) is 0. The summed E-state index contributed by atoms with van der Waals surface area (Å²) in [6.45, 7) is 3.91. The van der Waals surface area contributed by atoms with Crippen molar-refractivity contribution in [2.75, 3.05) is 5.32 Å². The predicted octanol–water partition coefficient (Wildman–Crippen LogP) is 5.37. The molecule has 0 aliphatic rings. The fourth-order valence-corrected chi connectivity index (χ4v) is 2.99. The van der Waals surface area contributed by atoms with E-state index in [0.29, 0.717) is 0 Å². The Hall–Kier alpha value is -1.24. The number of thiocarbonyl (C=S) groups is 1. The molecule has 27 heavy (non-hydrogen) atoms. The molecule has 0 fully saturated rings. The summed E-state index contributed by atoms with van der Waals surface area (Å²) in [5.74, 6) is -0.501. The number of alkyl halides is 3. The monoisotopic (exact) mass is 463 g/mol. The number of nitrogens with one attached hydrogen (secondary N) is 3. The summed E-state index contributed by atoms with van der Waals surface area (Å²) >= 11 is 29.4. The summed E-state index contributed by atoms with van der Waals surface area (Å²) in [5, 5.41) is 8.95. The number of hydrogen-bond acceptors (Lipinski definition) is 2. The molecule has 0 saturated carbocycles. The third kappa shape index (κ3) is 6.40. The number of rotatable bonds is 4. The van der Waals surface area contributed by atoms with E-state index in [9.17, 15) is 4.79 Å². The molecule has 0 bridgehead atoms. The maximum absolute atomic E-state index is 12.5. The van der Waals surface area contributed by atoms with E-state index in [-0.39, 0.29) is 15.7 Å². The number of hydrogen-bond donors (Lipinski definition) is 3. The van der Waals surface area contributed by atoms with Crippen molar-refractivity contribution in [2.45, 2.75) is 23.8 Å². The Morgan fingerprint density at radius 1 is 1.07 bits per heavy atom. The van der Waals surface area contributed by atoms with Crippen molar-refractivity contribution in [1.29, 1.82) is 0 Å². The van der Waals surface area contributed by atoms with Gasteiger partial charge >= 0.3 is 0 Å². The molecule has 0 aliphatic heterocycles. The highest BCUT2D eigenvalue weighted by atomic mass is 35.6. The zero-order valence-corrected chi connectivity index (χ0v) is 18.3. The van der Waals surface area contributed by atoms with Gasteiger partial charge in [0.25, 0.3) is 5.91 Å². The Kier molecular flexibility index (Phi) is 7.60. The Morgan fingerprint density at radius 3 is 2.37 bits per heavy atom. The van der Waals surface area contributed by atoms with Gasteiger partial charge in [-0.25, -0.2) is 0 Å². The first-order chi connectivity index (χ1) is 12.6. The van der Waals surface area contributed by atoms with Crippen molar-refractivity contribution in [3.63, 3.8) is 0 Å². The second-order valence-electron chi connectivity index (χ2n) is 5.84. The first-order valence-electron chi connectivity index (χ1n) is 7.85. The number of halogens is 4. The summed E-state index contributed by atoms with van der Waals surface area (Å²) in [6.07, 6.45) is -1.09. The van der Waals surface area contributed by atoms with E-state index in [2.05, 4.69) is 16.0 Å². The first kappa shape index (κ1) is 22.1. The Balaban J connectivity index is 2.12. The highest BCUT2D eigenvalue weighted by molar-refractivity contribution is 7.80. The average Bonchev–Trinajstić information content (AvgIpc) is 2.57. The molecule has 1 amide bonds. The zero-order valence-electron chi connectivity index (χ0n) is 14.4. The van der Waals surface area contributed by atoms with Crippen LogP contribution in [0.4, 0.5) is 5.69 Å². The Labute approximate surface area is 183 Å². The largest absolute Gasteiger partial charge is 0.339 e. The third-order valence-corrected chi connectivity index (χ3v) is 4.84. The van der Waals surface area contributed by atoms with Crippen LogP contribution in [0.3, 0.4) is 0 Å². The Bertz CT molecular complexity index is 855. The molecule has 144 valence electrons. The van der Waals surface area contributed by atoms with E-state index in [4.69, 9.17) is 58.6 Å². The van der Waals surface area contributed by atoms with Crippen molar-refractivity contribution < 1.29 is 4.79 Å². The van der Waals surface area contributed by atoms with E-state index in [0.717, 1.165) is 16.8 Å². The molecule has 2 rings (SSSR count). The molecule has 4 nitrogen and oxygen atoms in total. The minimum Gasteiger partial charge on any atom is -0.339 e. The van der Waals surface area contributed by atoms with Crippen LogP contribution in [0.1, 0.15) is 21.5 Å². The van der Waals surface area contributed by atoms with Crippen molar-refractivity contribution in [2.24, 2.45) is 0 Å². The number of anilines is 1. The van der Waals surface area contributed by atoms with Crippen LogP contribution in [0.5, 0.6) is 0 Å². The number of amides is 1. The highest BCUT2D eigenvalue weighted by Gasteiger charge is 2.35. The minimum absolute atomic E-state index is 0.194. The molecule has 0 aliphatic carbocycles. The third-order valence-electron chi connectivity index (χ3n) is 3.64. The number of aryl methyl sites for hydroxylation is 2. The van der Waals surface area contributed by atoms with Gasteiger partial charge in [0.15, 0.2) is 5.11 Å². The molecule has 2 aromatic rings. The normalized spacial score (nSPS) is 12.2. The van der Waals surface area contributed by atoms with Crippen molar-refractivity contribution in [3.8, 4) is 0 Å². The van der Waals surface area contributed by atoms with Crippen molar-refractivity contribution >= 4 is 75.3 Å². The number of carbonyl (C=O) groups excluding carboxylic acids is 1. The smallest absolute Gasteiger partial charge is 0.254 e. The summed E-state index contributed by atoms with van der Waals surface area (Å²) in [6, 6.07) is 12.5. The van der Waals surface area contributed by atoms with Crippen LogP contribution < -0.4 is 16.0 Å². The average molecular weight is 465 g/mol. The van der Waals surface area contributed by atoms with Gasteiger partial charge in [0, 0.05) is 5.69 Å². The van der Waals surface area contributed by atoms with Gasteiger partial charge < -0.3 is 16.0 Å². The molecule has 1 atom stereocenters. The summed E-state index contributed by atoms with van der Waals surface area (Å²) in [4.78, 5) is 12.5. The second-order valence-corrected chi connectivity index (χ2v) is 9.03. The Morgan fingerprint density at radius 2 is 1.74 bits per heavy atom. The van der Waals surface area contributed by atoms with Crippen LogP contribution in [0.25, 0.3) is 0 Å². The van der Waals surface area contributed by atoms with Crippen LogP contribution >= 0.6 is 58.6 Å². The van der Waals surface area contributed by atoms with E-state index < -0.39 is 15.9 Å². The van der Waals surface area contributed by atoms with E-state index >= 15 is 0 Å². The first-order valence-corrected chi connectivity index (χ1v) is 9.77. The number of carbonyl (C=O) groups is 1. The minimum atomic E-state index is -1.86. The molecule has 0 radical (unpaired) electrons. The molecule has 0 spiro atoms. The van der Waals surface area contributed by atoms with Gasteiger partial charge in [-0.15, -0.1) is 0 Å². The maximum atomic E-state index is 12.5. The van der Waals surface area contributed by atoms with Gasteiger partial charge in [0.1, 0.15) is 6.17 Å². The lowest BCUT2D eigenvalue weighted by Crippen LogP contribution is -2.56. The molecule has 0 saturated heterocycles. The topological polar surface area (TPSA) is 53.2 Å². The second kappa shape index (κ2) is 9.30. The van der Waals surface area contributed by atoms with Gasteiger partial charge in [-0.3, -0.25) is 4.79 Å². The fraction of sp³-hybridized carbons (Fsp3) is 0.222. The lowest BCUT2D eigenvalue weighted by atomic mass is 10.1. The van der Waals surface area contributed by atoms with Gasteiger partial charge in [-0.1, -0.05) is 70.7 Å².